The van der Waals surface area contributed by atoms with Gasteiger partial charge in [-0.25, -0.2) is 9.07 Å². The topological polar surface area (TPSA) is 69.0 Å². The molecule has 6 nitrogen and oxygen atoms in total. The van der Waals surface area contributed by atoms with Gasteiger partial charge >= 0.3 is 0 Å². The first kappa shape index (κ1) is 20.8. The largest absolute Gasteiger partial charge is 0.497 e. The number of methoxy groups -OCH3 is 1. The number of benzene rings is 2. The molecule has 0 spiro atoms. The summed E-state index contributed by atoms with van der Waals surface area (Å²) in [6.07, 6.45) is 6.10. The third-order valence-corrected chi connectivity index (χ3v) is 7.41. The van der Waals surface area contributed by atoms with Crippen molar-refractivity contribution in [2.75, 3.05) is 7.11 Å². The summed E-state index contributed by atoms with van der Waals surface area (Å²) in [7, 11) is 1.65. The fourth-order valence-electron chi connectivity index (χ4n) is 4.58. The van der Waals surface area contributed by atoms with Gasteiger partial charge in [0.1, 0.15) is 11.6 Å². The van der Waals surface area contributed by atoms with Crippen LogP contribution in [0.4, 0.5) is 4.39 Å². The van der Waals surface area contributed by atoms with E-state index in [1.54, 1.807) is 25.4 Å². The highest BCUT2D eigenvalue weighted by Gasteiger charge is 2.25. The van der Waals surface area contributed by atoms with E-state index in [1.165, 1.54) is 17.4 Å². The van der Waals surface area contributed by atoms with Crippen LogP contribution in [0.3, 0.4) is 0 Å². The van der Waals surface area contributed by atoms with Crippen LogP contribution in [0.15, 0.2) is 60.9 Å². The van der Waals surface area contributed by atoms with E-state index in [2.05, 4.69) is 10.3 Å². The molecule has 8 heteroatoms. The Morgan fingerprint density at radius 3 is 2.97 bits per heavy atom. The van der Waals surface area contributed by atoms with Gasteiger partial charge in [0.15, 0.2) is 0 Å². The number of pyridine rings is 1. The van der Waals surface area contributed by atoms with Gasteiger partial charge in [-0.05, 0) is 67.3 Å². The highest BCUT2D eigenvalue weighted by Crippen LogP contribution is 2.29. The minimum absolute atomic E-state index is 0.00184. The van der Waals surface area contributed by atoms with Crippen molar-refractivity contribution in [3.05, 3.63) is 82.9 Å². The summed E-state index contributed by atoms with van der Waals surface area (Å²) >= 11 is 1.31. The number of carbonyl (C=O) groups is 1. The Hall–Kier alpha value is -3.78. The van der Waals surface area contributed by atoms with Crippen LogP contribution in [-0.2, 0) is 12.8 Å². The number of ether oxygens (including phenoxy) is 1. The van der Waals surface area contributed by atoms with E-state index < -0.39 is 0 Å². The second-order valence-electron chi connectivity index (χ2n) is 8.43. The molecular formula is C26H21FN4O2S. The Morgan fingerprint density at radius 2 is 2.12 bits per heavy atom. The normalized spacial score (nSPS) is 15.4. The molecule has 1 aliphatic carbocycles. The van der Waals surface area contributed by atoms with Crippen LogP contribution in [0.25, 0.3) is 26.7 Å². The molecule has 0 saturated carbocycles. The first-order chi connectivity index (χ1) is 16.6. The highest BCUT2D eigenvalue weighted by molar-refractivity contribution is 7.20. The van der Waals surface area contributed by atoms with Gasteiger partial charge in [0.25, 0.3) is 5.91 Å². The van der Waals surface area contributed by atoms with Crippen molar-refractivity contribution in [1.29, 1.82) is 0 Å². The lowest BCUT2D eigenvalue weighted by atomic mass is 9.93. The lowest BCUT2D eigenvalue weighted by Gasteiger charge is -2.22. The molecule has 1 amide bonds. The number of aryl methyl sites for hydroxylation is 1. The molecule has 0 saturated heterocycles. The van der Waals surface area contributed by atoms with Crippen LogP contribution >= 0.6 is 11.3 Å². The fraction of sp³-hybridized carbons (Fsp3) is 0.192. The Labute approximate surface area is 199 Å². The van der Waals surface area contributed by atoms with Crippen LogP contribution in [0, 0.1) is 5.82 Å². The molecule has 34 heavy (non-hydrogen) atoms. The number of carbonyl (C=O) groups excluding carboxylic acids is 1. The molecular weight excluding hydrogens is 451 g/mol. The van der Waals surface area contributed by atoms with Crippen molar-refractivity contribution in [2.45, 2.75) is 25.3 Å². The number of thiophene rings is 1. The lowest BCUT2D eigenvalue weighted by Crippen LogP contribution is -2.38. The number of halogens is 1. The number of fused-ring (bicyclic) bond motifs is 3. The van der Waals surface area contributed by atoms with Gasteiger partial charge in [-0.2, -0.15) is 5.10 Å². The van der Waals surface area contributed by atoms with Gasteiger partial charge in [-0.15, -0.1) is 11.3 Å². The van der Waals surface area contributed by atoms with E-state index in [1.807, 2.05) is 41.2 Å². The zero-order valence-electron chi connectivity index (χ0n) is 18.4. The van der Waals surface area contributed by atoms with E-state index in [0.717, 1.165) is 51.1 Å². The second kappa shape index (κ2) is 8.22. The van der Waals surface area contributed by atoms with Crippen LogP contribution in [0.2, 0.25) is 0 Å². The van der Waals surface area contributed by atoms with Gasteiger partial charge in [-0.1, -0.05) is 6.07 Å². The molecule has 1 unspecified atom stereocenters. The van der Waals surface area contributed by atoms with E-state index >= 15 is 0 Å². The zero-order valence-corrected chi connectivity index (χ0v) is 19.2. The quantitative estimate of drug-likeness (QED) is 0.397. The molecule has 170 valence electrons. The third kappa shape index (κ3) is 3.60. The Morgan fingerprint density at radius 1 is 1.21 bits per heavy atom. The first-order valence-corrected chi connectivity index (χ1v) is 11.9. The van der Waals surface area contributed by atoms with Crippen molar-refractivity contribution >= 4 is 38.2 Å². The monoisotopic (exact) mass is 472 g/mol. The highest BCUT2D eigenvalue weighted by atomic mass is 32.1. The van der Waals surface area contributed by atoms with Gasteiger partial charge in [0, 0.05) is 33.9 Å². The SMILES string of the molecule is COc1ccc2nccc(-n3cc4c(n3)CCC(NC(=O)c3cc5c(F)cccc5s3)C4)c2c1. The second-order valence-corrected chi connectivity index (χ2v) is 9.52. The molecule has 0 radical (unpaired) electrons. The third-order valence-electron chi connectivity index (χ3n) is 6.31. The summed E-state index contributed by atoms with van der Waals surface area (Å²) in [5.41, 5.74) is 3.97. The maximum absolute atomic E-state index is 14.0. The maximum Gasteiger partial charge on any atom is 0.261 e. The molecule has 2 aromatic carbocycles. The van der Waals surface area contributed by atoms with Crippen LogP contribution in [0.1, 0.15) is 27.3 Å². The van der Waals surface area contributed by atoms with Crippen molar-refractivity contribution < 1.29 is 13.9 Å². The molecule has 1 atom stereocenters. The number of rotatable bonds is 4. The molecule has 5 aromatic rings. The number of hydrogen-bond donors (Lipinski definition) is 1. The molecule has 1 N–H and O–H groups in total. The number of nitrogens with one attached hydrogen (secondary N) is 1. The summed E-state index contributed by atoms with van der Waals surface area (Å²) in [5.74, 6) is 0.306. The predicted molar refractivity (Wildman–Crippen MR) is 130 cm³/mol. The number of amides is 1. The zero-order chi connectivity index (χ0) is 23.2. The minimum Gasteiger partial charge on any atom is -0.497 e. The molecule has 3 heterocycles. The van der Waals surface area contributed by atoms with Crippen molar-refractivity contribution in [3.63, 3.8) is 0 Å². The summed E-state index contributed by atoms with van der Waals surface area (Å²) in [6.45, 7) is 0. The summed E-state index contributed by atoms with van der Waals surface area (Å²) < 4.78 is 22.1. The van der Waals surface area contributed by atoms with Gasteiger partial charge in [-0.3, -0.25) is 9.78 Å². The van der Waals surface area contributed by atoms with Gasteiger partial charge < -0.3 is 10.1 Å². The smallest absolute Gasteiger partial charge is 0.261 e. The van der Waals surface area contributed by atoms with E-state index in [4.69, 9.17) is 9.84 Å². The Kier molecular flexibility index (Phi) is 5.03. The standard InChI is InChI=1S/C26H21FN4O2S/c1-33-17-6-8-22-19(12-17)23(9-10-28-22)31-14-15-11-16(5-7-21(15)30-31)29-26(32)25-13-18-20(27)3-2-4-24(18)34-25/h2-4,6,8-10,12-14,16H,5,7,11H2,1H3,(H,29,32). The number of aromatic nitrogens is 3. The van der Waals surface area contributed by atoms with E-state index in [9.17, 15) is 9.18 Å². The average molecular weight is 473 g/mol. The maximum atomic E-state index is 14.0. The van der Waals surface area contributed by atoms with Gasteiger partial charge in [0.05, 0.1) is 28.9 Å². The molecule has 3 aromatic heterocycles. The summed E-state index contributed by atoms with van der Waals surface area (Å²) in [5, 5.41) is 9.42. The van der Waals surface area contributed by atoms with Crippen LogP contribution in [-0.4, -0.2) is 33.8 Å². The van der Waals surface area contributed by atoms with Crippen LogP contribution < -0.4 is 10.1 Å². The fourth-order valence-corrected chi connectivity index (χ4v) is 5.56. The van der Waals surface area contributed by atoms with E-state index in [0.29, 0.717) is 16.7 Å². The predicted octanol–water partition coefficient (Wildman–Crippen LogP) is 5.07. The summed E-state index contributed by atoms with van der Waals surface area (Å²) in [4.78, 5) is 17.9. The number of hydrogen-bond acceptors (Lipinski definition) is 5. The lowest BCUT2D eigenvalue weighted by molar-refractivity contribution is 0.0938. The molecule has 6 rings (SSSR count). The van der Waals surface area contributed by atoms with Crippen LogP contribution in [0.5, 0.6) is 5.75 Å². The molecule has 0 fully saturated rings. The van der Waals surface area contributed by atoms with E-state index in [-0.39, 0.29) is 17.8 Å². The van der Waals surface area contributed by atoms with Crippen molar-refractivity contribution in [2.24, 2.45) is 0 Å². The Bertz CT molecular complexity index is 1560. The minimum atomic E-state index is -0.302. The Balaban J connectivity index is 1.24. The van der Waals surface area contributed by atoms with Crippen molar-refractivity contribution in [1.82, 2.24) is 20.1 Å². The molecule has 0 bridgehead atoms. The van der Waals surface area contributed by atoms with Crippen molar-refractivity contribution in [3.8, 4) is 11.4 Å². The van der Waals surface area contributed by atoms with Gasteiger partial charge in [0.2, 0.25) is 0 Å². The summed E-state index contributed by atoms with van der Waals surface area (Å²) in [6, 6.07) is 14.3. The number of nitrogens with zero attached hydrogens (tertiary/aromatic N) is 3. The first-order valence-electron chi connectivity index (χ1n) is 11.1. The average Bonchev–Trinajstić information content (AvgIpc) is 3.48. The molecule has 0 aliphatic heterocycles. The molecule has 1 aliphatic rings.